The molecule has 38 heavy (non-hydrogen) atoms. The van der Waals surface area contributed by atoms with Gasteiger partial charge in [-0.05, 0) is 71.9 Å². The predicted octanol–water partition coefficient (Wildman–Crippen LogP) is 7.88. The number of thioether (sulfide) groups is 1. The zero-order valence-electron chi connectivity index (χ0n) is 20.3. The number of amidine groups is 1. The van der Waals surface area contributed by atoms with Gasteiger partial charge in [0.1, 0.15) is 12.4 Å². The molecule has 0 atom stereocenters. The quantitative estimate of drug-likeness (QED) is 0.222. The normalized spacial score (nSPS) is 15.3. The highest BCUT2D eigenvalue weighted by atomic mass is 35.5. The van der Waals surface area contributed by atoms with Gasteiger partial charge in [-0.25, -0.2) is 9.38 Å². The SMILES string of the molecule is COc1cc(/C=C2/SC(=Nc3ccccc3)N(c3ccccc3)C2=O)ccc1OCc1c(F)cccc1Cl. The summed E-state index contributed by atoms with van der Waals surface area (Å²) in [7, 11) is 1.52. The van der Waals surface area contributed by atoms with Crippen LogP contribution in [0.3, 0.4) is 0 Å². The number of para-hydroxylation sites is 2. The summed E-state index contributed by atoms with van der Waals surface area (Å²) in [6.07, 6.45) is 1.79. The van der Waals surface area contributed by atoms with Crippen molar-refractivity contribution in [3.63, 3.8) is 0 Å². The minimum Gasteiger partial charge on any atom is -0.493 e. The topological polar surface area (TPSA) is 51.1 Å². The van der Waals surface area contributed by atoms with Crippen LogP contribution in [0.2, 0.25) is 5.02 Å². The summed E-state index contributed by atoms with van der Waals surface area (Å²) >= 11 is 7.41. The summed E-state index contributed by atoms with van der Waals surface area (Å²) in [5.41, 5.74) is 2.49. The first kappa shape index (κ1) is 25.6. The monoisotopic (exact) mass is 544 g/mol. The molecule has 1 aliphatic heterocycles. The zero-order valence-corrected chi connectivity index (χ0v) is 21.9. The number of rotatable bonds is 7. The molecule has 4 aromatic carbocycles. The second kappa shape index (κ2) is 11.5. The number of hydrogen-bond donors (Lipinski definition) is 0. The van der Waals surface area contributed by atoms with E-state index < -0.39 is 5.82 Å². The van der Waals surface area contributed by atoms with Gasteiger partial charge in [-0.3, -0.25) is 9.69 Å². The molecule has 5 nitrogen and oxygen atoms in total. The fourth-order valence-electron chi connectivity index (χ4n) is 3.83. The summed E-state index contributed by atoms with van der Waals surface area (Å²) in [6.45, 7) is -0.0536. The van der Waals surface area contributed by atoms with Gasteiger partial charge in [-0.2, -0.15) is 0 Å². The van der Waals surface area contributed by atoms with Crippen LogP contribution in [-0.4, -0.2) is 18.2 Å². The Kier molecular flexibility index (Phi) is 7.77. The molecule has 1 fully saturated rings. The van der Waals surface area contributed by atoms with Crippen LogP contribution in [-0.2, 0) is 11.4 Å². The van der Waals surface area contributed by atoms with Crippen LogP contribution in [0.15, 0.2) is 107 Å². The average molecular weight is 545 g/mol. The molecule has 1 amide bonds. The predicted molar refractivity (Wildman–Crippen MR) is 152 cm³/mol. The lowest BCUT2D eigenvalue weighted by atomic mass is 10.1. The van der Waals surface area contributed by atoms with Crippen LogP contribution in [0.25, 0.3) is 6.08 Å². The molecule has 190 valence electrons. The van der Waals surface area contributed by atoms with Crippen LogP contribution in [0.4, 0.5) is 15.8 Å². The highest BCUT2D eigenvalue weighted by Gasteiger charge is 2.34. The van der Waals surface area contributed by atoms with Crippen LogP contribution in [0, 0.1) is 5.82 Å². The Bertz CT molecular complexity index is 1510. The standard InChI is InChI=1S/C30H22ClFN2O3S/c1-36-27-17-20(15-16-26(27)37-19-23-24(31)13-8-14-25(23)32)18-28-29(35)34(22-11-6-3-7-12-22)30(38-28)33-21-9-4-2-5-10-21/h2-18H,19H2,1H3/b28-18+,33-30?. The van der Waals surface area contributed by atoms with Crippen LogP contribution < -0.4 is 14.4 Å². The lowest BCUT2D eigenvalue weighted by Crippen LogP contribution is -2.28. The van der Waals surface area contributed by atoms with Crippen molar-refractivity contribution in [2.75, 3.05) is 12.0 Å². The van der Waals surface area contributed by atoms with Crippen molar-refractivity contribution in [3.05, 3.63) is 124 Å². The highest BCUT2D eigenvalue weighted by molar-refractivity contribution is 8.19. The van der Waals surface area contributed by atoms with Crippen LogP contribution in [0.5, 0.6) is 11.5 Å². The van der Waals surface area contributed by atoms with Gasteiger partial charge in [0.05, 0.1) is 28.4 Å². The van der Waals surface area contributed by atoms with Crippen LogP contribution >= 0.6 is 23.4 Å². The molecule has 0 N–H and O–H groups in total. The number of aliphatic imine (C=N–C) groups is 1. The first-order valence-corrected chi connectivity index (χ1v) is 12.9. The lowest BCUT2D eigenvalue weighted by Gasteiger charge is -2.15. The molecule has 1 aliphatic rings. The molecule has 0 aliphatic carbocycles. The van der Waals surface area contributed by atoms with Gasteiger partial charge in [-0.15, -0.1) is 0 Å². The third kappa shape index (κ3) is 5.59. The van der Waals surface area contributed by atoms with E-state index in [1.165, 1.54) is 24.9 Å². The molecular weight excluding hydrogens is 523 g/mol. The maximum absolute atomic E-state index is 14.1. The van der Waals surface area contributed by atoms with Crippen molar-refractivity contribution < 1.29 is 18.7 Å². The van der Waals surface area contributed by atoms with E-state index in [0.717, 1.165) is 16.9 Å². The Morgan fingerprint density at radius 3 is 2.39 bits per heavy atom. The number of methoxy groups -OCH3 is 1. The van der Waals surface area contributed by atoms with E-state index in [1.54, 1.807) is 41.3 Å². The van der Waals surface area contributed by atoms with E-state index >= 15 is 0 Å². The largest absolute Gasteiger partial charge is 0.493 e. The van der Waals surface area contributed by atoms with Gasteiger partial charge in [0.25, 0.3) is 5.91 Å². The number of nitrogens with zero attached hydrogens (tertiary/aromatic N) is 2. The number of hydrogen-bond acceptors (Lipinski definition) is 5. The number of carbonyl (C=O) groups excluding carboxylic acids is 1. The first-order valence-electron chi connectivity index (χ1n) is 11.7. The van der Waals surface area contributed by atoms with Crippen molar-refractivity contribution >= 4 is 51.9 Å². The third-order valence-electron chi connectivity index (χ3n) is 5.72. The Labute approximate surface area is 229 Å². The number of halogens is 2. The van der Waals surface area contributed by atoms with E-state index in [4.69, 9.17) is 26.1 Å². The molecule has 4 aromatic rings. The lowest BCUT2D eigenvalue weighted by molar-refractivity contribution is -0.113. The number of anilines is 1. The summed E-state index contributed by atoms with van der Waals surface area (Å²) in [4.78, 5) is 20.4. The van der Waals surface area contributed by atoms with Gasteiger partial charge in [0.2, 0.25) is 0 Å². The fourth-order valence-corrected chi connectivity index (χ4v) is 5.05. The van der Waals surface area contributed by atoms with E-state index in [0.29, 0.717) is 21.6 Å². The Morgan fingerprint density at radius 1 is 0.947 bits per heavy atom. The molecule has 0 radical (unpaired) electrons. The molecule has 1 heterocycles. The molecule has 0 bridgehead atoms. The first-order chi connectivity index (χ1) is 18.5. The molecule has 0 saturated carbocycles. The van der Waals surface area contributed by atoms with E-state index in [1.807, 2.05) is 60.7 Å². The highest BCUT2D eigenvalue weighted by Crippen LogP contribution is 2.38. The smallest absolute Gasteiger partial charge is 0.271 e. The minimum absolute atomic E-state index is 0.0536. The van der Waals surface area contributed by atoms with Crippen molar-refractivity contribution in [1.82, 2.24) is 0 Å². The second-order valence-corrected chi connectivity index (χ2v) is 9.63. The van der Waals surface area contributed by atoms with Gasteiger partial charge in [0.15, 0.2) is 16.7 Å². The Morgan fingerprint density at radius 2 is 1.68 bits per heavy atom. The van der Waals surface area contributed by atoms with Crippen molar-refractivity contribution in [1.29, 1.82) is 0 Å². The molecular formula is C30H22ClFN2O3S. The molecule has 1 saturated heterocycles. The fraction of sp³-hybridized carbons (Fsp3) is 0.0667. The van der Waals surface area contributed by atoms with Gasteiger partial charge in [0, 0.05) is 5.56 Å². The molecule has 0 spiro atoms. The van der Waals surface area contributed by atoms with Gasteiger partial charge >= 0.3 is 0 Å². The van der Waals surface area contributed by atoms with E-state index in [-0.39, 0.29) is 23.1 Å². The molecule has 0 aromatic heterocycles. The summed E-state index contributed by atoms with van der Waals surface area (Å²) in [6, 6.07) is 28.7. The third-order valence-corrected chi connectivity index (χ3v) is 7.04. The van der Waals surface area contributed by atoms with E-state index in [9.17, 15) is 9.18 Å². The minimum atomic E-state index is -0.439. The van der Waals surface area contributed by atoms with E-state index in [2.05, 4.69) is 0 Å². The number of carbonyl (C=O) groups is 1. The summed E-state index contributed by atoms with van der Waals surface area (Å²) < 4.78 is 25.5. The number of ether oxygens (including phenoxy) is 2. The summed E-state index contributed by atoms with van der Waals surface area (Å²) in [5, 5.41) is 0.852. The van der Waals surface area contributed by atoms with Gasteiger partial charge < -0.3 is 9.47 Å². The average Bonchev–Trinajstić information content (AvgIpc) is 3.23. The number of amides is 1. The maximum atomic E-state index is 14.1. The van der Waals surface area contributed by atoms with Crippen molar-refractivity contribution in [2.24, 2.45) is 4.99 Å². The van der Waals surface area contributed by atoms with Crippen LogP contribution in [0.1, 0.15) is 11.1 Å². The molecule has 5 rings (SSSR count). The molecule has 0 unspecified atom stereocenters. The maximum Gasteiger partial charge on any atom is 0.271 e. The number of benzene rings is 4. The Balaban J connectivity index is 1.43. The molecule has 8 heteroatoms. The van der Waals surface area contributed by atoms with Crippen molar-refractivity contribution in [2.45, 2.75) is 6.61 Å². The van der Waals surface area contributed by atoms with Crippen molar-refractivity contribution in [3.8, 4) is 11.5 Å². The van der Waals surface area contributed by atoms with Gasteiger partial charge in [-0.1, -0.05) is 60.1 Å². The Hall–Kier alpha value is -4.07. The second-order valence-electron chi connectivity index (χ2n) is 8.22. The zero-order chi connectivity index (χ0) is 26.5. The summed E-state index contributed by atoms with van der Waals surface area (Å²) in [5.74, 6) is 0.256.